The topological polar surface area (TPSA) is 145 Å². The van der Waals surface area contributed by atoms with Crippen LogP contribution in [0.1, 0.15) is 0 Å². The maximum atomic E-state index is 10.5. The van der Waals surface area contributed by atoms with Gasteiger partial charge in [0, 0.05) is 28.2 Å². The van der Waals surface area contributed by atoms with Crippen LogP contribution in [-0.4, -0.2) is 30.1 Å². The van der Waals surface area contributed by atoms with E-state index in [1.807, 2.05) is 146 Å². The van der Waals surface area contributed by atoms with Gasteiger partial charge in [0.1, 0.15) is 33.6 Å². The second-order valence-corrected chi connectivity index (χ2v) is 13.8. The van der Waals surface area contributed by atoms with Gasteiger partial charge in [0.25, 0.3) is 0 Å². The molecule has 0 fully saturated rings. The van der Waals surface area contributed by atoms with Gasteiger partial charge in [-0.15, -0.1) is 0 Å². The first kappa shape index (κ1) is 35.7. The second kappa shape index (κ2) is 14.3. The van der Waals surface area contributed by atoms with E-state index >= 15 is 0 Å². The zero-order chi connectivity index (χ0) is 38.7. The Hall–Kier alpha value is -7.72. The van der Waals surface area contributed by atoms with Crippen molar-refractivity contribution in [3.63, 3.8) is 0 Å². The van der Waals surface area contributed by atoms with Crippen molar-refractivity contribution in [1.29, 1.82) is 0 Å². The smallest absolute Gasteiger partial charge is 0.231 e. The number of phenolic OH excluding ortho intramolecular Hbond substituents is 2. The van der Waals surface area contributed by atoms with Gasteiger partial charge >= 0.3 is 0 Å². The predicted octanol–water partition coefficient (Wildman–Crippen LogP) is 12.3. The van der Waals surface area contributed by atoms with Crippen molar-refractivity contribution in [2.24, 2.45) is 0 Å². The van der Waals surface area contributed by atoms with E-state index in [2.05, 4.69) is 19.9 Å². The molecular weight excluding hydrogens is 792 g/mol. The van der Waals surface area contributed by atoms with Crippen molar-refractivity contribution in [1.82, 2.24) is 19.9 Å². The van der Waals surface area contributed by atoms with Gasteiger partial charge in [0.15, 0.2) is 22.3 Å². The Morgan fingerprint density at radius 3 is 1.00 bits per heavy atom. The molecule has 11 heteroatoms. The molecule has 0 aliphatic heterocycles. The second-order valence-electron chi connectivity index (χ2n) is 13.8. The third kappa shape index (κ3) is 6.50. The first-order chi connectivity index (χ1) is 28.5. The molecule has 0 aliphatic rings. The van der Waals surface area contributed by atoms with Crippen LogP contribution in [0.4, 0.5) is 0 Å². The summed E-state index contributed by atoms with van der Waals surface area (Å²) in [4.78, 5) is 18.1. The van der Waals surface area contributed by atoms with Crippen LogP contribution in [0.3, 0.4) is 0 Å². The van der Waals surface area contributed by atoms with Gasteiger partial charge in [-0.25, -0.2) is 19.9 Å². The summed E-state index contributed by atoms with van der Waals surface area (Å²) < 4.78 is 23.5. The summed E-state index contributed by atoms with van der Waals surface area (Å²) in [5.41, 5.74) is 8.83. The number of benzene rings is 8. The predicted molar refractivity (Wildman–Crippen MR) is 223 cm³/mol. The summed E-state index contributed by atoms with van der Waals surface area (Å²) in [7, 11) is 0. The summed E-state index contributed by atoms with van der Waals surface area (Å²) in [6, 6.07) is 49.4. The van der Waals surface area contributed by atoms with Crippen molar-refractivity contribution in [3.8, 4) is 57.3 Å². The third-order valence-electron chi connectivity index (χ3n) is 10.0. The van der Waals surface area contributed by atoms with Crippen LogP contribution in [0.5, 0.6) is 11.5 Å². The fraction of sp³-hybridized carbons (Fsp3) is 0. The van der Waals surface area contributed by atoms with Crippen LogP contribution in [0.25, 0.3) is 112 Å². The molecule has 2 N–H and O–H groups in total. The van der Waals surface area contributed by atoms with Gasteiger partial charge in [0.05, 0.1) is 11.1 Å². The molecule has 10 nitrogen and oxygen atoms in total. The molecule has 4 heterocycles. The van der Waals surface area contributed by atoms with Crippen LogP contribution < -0.4 is 0 Å². The average molecular weight is 820 g/mol. The molecule has 0 amide bonds. The van der Waals surface area contributed by atoms with E-state index < -0.39 is 0 Å². The molecule has 0 unspecified atom stereocenters. The summed E-state index contributed by atoms with van der Waals surface area (Å²) in [5, 5.41) is 24.7. The van der Waals surface area contributed by atoms with Crippen LogP contribution in [0.15, 0.2) is 175 Å². The first-order valence-corrected chi connectivity index (χ1v) is 18.5. The third-order valence-corrected chi connectivity index (χ3v) is 10.0. The maximum absolute atomic E-state index is 10.5. The standard InChI is InChI=1S/2C24H14N2O3.Cu/c2*27-20-13-14-9-10-15(23-25-18-5-1-3-7-21(18)28-23)11-16(14)12-17(20)24-26-19-6-2-4-8-22(19)29-24;/h2*1-13,27H;. The molecule has 0 bridgehead atoms. The van der Waals surface area contributed by atoms with Gasteiger partial charge < -0.3 is 27.9 Å². The van der Waals surface area contributed by atoms with E-state index in [4.69, 9.17) is 17.7 Å². The van der Waals surface area contributed by atoms with Crippen molar-refractivity contribution in [2.45, 2.75) is 0 Å². The van der Waals surface area contributed by atoms with Crippen LogP contribution in [0, 0.1) is 0 Å². The minimum atomic E-state index is 0. The molecule has 12 rings (SSSR count). The number of rotatable bonds is 4. The molecule has 12 aromatic rings. The average Bonchev–Trinajstić information content (AvgIpc) is 4.07. The summed E-state index contributed by atoms with van der Waals surface area (Å²) in [5.74, 6) is 2.14. The summed E-state index contributed by atoms with van der Waals surface area (Å²) >= 11 is 0. The minimum absolute atomic E-state index is 0. The van der Waals surface area contributed by atoms with Crippen molar-refractivity contribution >= 4 is 65.9 Å². The zero-order valence-electron chi connectivity index (χ0n) is 30.6. The molecule has 0 saturated carbocycles. The minimum Gasteiger partial charge on any atom is -0.507 e. The number of phenols is 2. The normalized spacial score (nSPS) is 11.4. The number of aromatic hydroxyl groups is 2. The maximum Gasteiger partial charge on any atom is 0.231 e. The number of fused-ring (bicyclic) bond motifs is 6. The van der Waals surface area contributed by atoms with Gasteiger partial charge in [-0.3, -0.25) is 0 Å². The molecule has 1 radical (unpaired) electrons. The van der Waals surface area contributed by atoms with Gasteiger partial charge in [-0.2, -0.15) is 0 Å². The van der Waals surface area contributed by atoms with Crippen molar-refractivity contribution < 1.29 is 45.0 Å². The van der Waals surface area contributed by atoms with Gasteiger partial charge in [0.2, 0.25) is 23.6 Å². The van der Waals surface area contributed by atoms with E-state index in [0.717, 1.165) is 65.9 Å². The first-order valence-electron chi connectivity index (χ1n) is 18.5. The number of para-hydroxylation sites is 8. The quantitative estimate of drug-likeness (QED) is 0.165. The monoisotopic (exact) mass is 819 g/mol. The van der Waals surface area contributed by atoms with E-state index in [-0.39, 0.29) is 28.6 Å². The molecule has 0 atom stereocenters. The number of nitrogens with zero attached hydrogens (tertiary/aromatic N) is 4. The summed E-state index contributed by atoms with van der Waals surface area (Å²) in [6.45, 7) is 0. The fourth-order valence-corrected chi connectivity index (χ4v) is 7.15. The van der Waals surface area contributed by atoms with Crippen molar-refractivity contribution in [2.75, 3.05) is 0 Å². The zero-order valence-corrected chi connectivity index (χ0v) is 31.6. The Morgan fingerprint density at radius 2 is 0.644 bits per heavy atom. The fourth-order valence-electron chi connectivity index (χ4n) is 7.15. The Labute approximate surface area is 344 Å². The number of aromatic nitrogens is 4. The molecule has 287 valence electrons. The molecule has 8 aromatic carbocycles. The van der Waals surface area contributed by atoms with E-state index in [0.29, 0.717) is 45.9 Å². The number of hydrogen-bond donors (Lipinski definition) is 2. The SMILES string of the molecule is Oc1cc2ccc(-c3nc4ccccc4o3)cc2cc1-c1nc2ccccc2o1.Oc1cc2ccc(-c3nc4ccccc4o3)cc2cc1-c1nc2ccccc2o1.[Cu]. The molecule has 0 spiro atoms. The Balaban J connectivity index is 0.000000140. The molecule has 0 saturated heterocycles. The largest absolute Gasteiger partial charge is 0.507 e. The summed E-state index contributed by atoms with van der Waals surface area (Å²) in [6.07, 6.45) is 0. The number of hydrogen-bond acceptors (Lipinski definition) is 10. The van der Waals surface area contributed by atoms with Crippen LogP contribution in [0.2, 0.25) is 0 Å². The van der Waals surface area contributed by atoms with E-state index in [1.54, 1.807) is 12.1 Å². The van der Waals surface area contributed by atoms with Gasteiger partial charge in [-0.05, 0) is 119 Å². The Morgan fingerprint density at radius 1 is 0.322 bits per heavy atom. The Bertz CT molecular complexity index is 3160. The molecular formula is C48H28CuN4O6. The van der Waals surface area contributed by atoms with E-state index in [9.17, 15) is 10.2 Å². The molecule has 0 aliphatic carbocycles. The van der Waals surface area contributed by atoms with Crippen molar-refractivity contribution in [3.05, 3.63) is 158 Å². The Kier molecular flexibility index (Phi) is 8.67. The number of oxazole rings is 4. The van der Waals surface area contributed by atoms with Gasteiger partial charge in [-0.1, -0.05) is 60.7 Å². The molecule has 4 aromatic heterocycles. The molecule has 59 heavy (non-hydrogen) atoms. The van der Waals surface area contributed by atoms with Crippen LogP contribution in [-0.2, 0) is 17.1 Å². The van der Waals surface area contributed by atoms with Crippen LogP contribution >= 0.6 is 0 Å². The van der Waals surface area contributed by atoms with E-state index in [1.165, 1.54) is 0 Å².